The molecule has 2 atom stereocenters. The fourth-order valence-corrected chi connectivity index (χ4v) is 4.15. The van der Waals surface area contributed by atoms with Gasteiger partial charge in [0.2, 0.25) is 11.6 Å². The molecule has 0 saturated carbocycles. The number of allylic oxidation sites excluding steroid dienone is 1. The van der Waals surface area contributed by atoms with Crippen LogP contribution in [0.3, 0.4) is 0 Å². The molecule has 0 radical (unpaired) electrons. The van der Waals surface area contributed by atoms with E-state index in [0.717, 1.165) is 0 Å². The number of aliphatic hydroxyl groups is 1. The summed E-state index contributed by atoms with van der Waals surface area (Å²) in [5.41, 5.74) is -1.36. The van der Waals surface area contributed by atoms with Gasteiger partial charge in [-0.2, -0.15) is 0 Å². The number of hydrogen-bond acceptors (Lipinski definition) is 8. The number of rotatable bonds is 5. The van der Waals surface area contributed by atoms with Gasteiger partial charge in [-0.25, -0.2) is 0 Å². The van der Waals surface area contributed by atoms with Crippen LogP contribution in [0.5, 0.6) is 11.5 Å². The summed E-state index contributed by atoms with van der Waals surface area (Å²) in [6, 6.07) is 0. The van der Waals surface area contributed by atoms with Crippen molar-refractivity contribution in [2.75, 3.05) is 6.61 Å². The average Bonchev–Trinajstić information content (AvgIpc) is 2.93. The molecule has 158 valence electrons. The molecule has 3 rings (SSSR count). The van der Waals surface area contributed by atoms with E-state index >= 15 is 0 Å². The maximum atomic E-state index is 13.0. The second-order valence-electron chi connectivity index (χ2n) is 7.77. The molecule has 0 bridgehead atoms. The lowest BCUT2D eigenvalue weighted by molar-refractivity contribution is -0.142. The number of phenolic OH excluding ortho intramolecular Hbond substituents is 1. The number of benzene rings is 1. The normalized spacial score (nSPS) is 21.1. The molecule has 0 amide bonds. The number of carbonyl (C=O) groups is 4. The summed E-state index contributed by atoms with van der Waals surface area (Å²) in [5.74, 6) is -5.26. The maximum absolute atomic E-state index is 13.0. The highest BCUT2D eigenvalue weighted by Crippen LogP contribution is 2.54. The average molecular weight is 414 g/mol. The van der Waals surface area contributed by atoms with Crippen molar-refractivity contribution in [3.63, 3.8) is 0 Å². The van der Waals surface area contributed by atoms with Crippen molar-refractivity contribution in [1.29, 1.82) is 0 Å². The van der Waals surface area contributed by atoms with Gasteiger partial charge in [-0.15, -0.1) is 6.58 Å². The molecule has 2 aliphatic rings. The van der Waals surface area contributed by atoms with E-state index in [-0.39, 0.29) is 46.6 Å². The van der Waals surface area contributed by atoms with Gasteiger partial charge in [0.1, 0.15) is 5.76 Å². The number of ketones is 2. The fourth-order valence-electron chi connectivity index (χ4n) is 4.15. The molecule has 0 saturated heterocycles. The first-order valence-electron chi connectivity index (χ1n) is 9.36. The minimum Gasteiger partial charge on any atom is -0.507 e. The molecule has 1 aromatic carbocycles. The van der Waals surface area contributed by atoms with Crippen molar-refractivity contribution in [3.8, 4) is 11.5 Å². The maximum Gasteiger partial charge on any atom is 0.322 e. The Kier molecular flexibility index (Phi) is 5.06. The van der Waals surface area contributed by atoms with E-state index in [4.69, 9.17) is 9.47 Å². The number of Topliss-reactive ketones (excluding diaryl/α,β-unsaturated/α-hetero) is 2. The molecule has 1 aliphatic carbocycles. The number of ether oxygens (including phenoxy) is 2. The summed E-state index contributed by atoms with van der Waals surface area (Å²) < 4.78 is 10.2. The van der Waals surface area contributed by atoms with Crippen molar-refractivity contribution in [2.45, 2.75) is 39.5 Å². The Morgan fingerprint density at radius 3 is 2.43 bits per heavy atom. The van der Waals surface area contributed by atoms with E-state index in [1.54, 1.807) is 6.92 Å². The van der Waals surface area contributed by atoms with E-state index in [1.807, 2.05) is 0 Å². The van der Waals surface area contributed by atoms with Crippen LogP contribution in [0.15, 0.2) is 18.2 Å². The van der Waals surface area contributed by atoms with Crippen LogP contribution in [0.4, 0.5) is 0 Å². The van der Waals surface area contributed by atoms with Crippen molar-refractivity contribution >= 4 is 29.3 Å². The van der Waals surface area contributed by atoms with Crippen LogP contribution >= 0.6 is 0 Å². The lowest BCUT2D eigenvalue weighted by atomic mass is 9.73. The molecule has 1 aromatic rings. The van der Waals surface area contributed by atoms with E-state index in [9.17, 15) is 29.4 Å². The third-order valence-corrected chi connectivity index (χ3v) is 5.63. The number of esters is 2. The third-order valence-electron chi connectivity index (χ3n) is 5.63. The largest absolute Gasteiger partial charge is 0.507 e. The Bertz CT molecular complexity index is 1060. The number of fused-ring (bicyclic) bond motifs is 2. The molecule has 30 heavy (non-hydrogen) atoms. The summed E-state index contributed by atoms with van der Waals surface area (Å²) in [6.07, 6.45) is 1.71. The molecule has 8 heteroatoms. The van der Waals surface area contributed by atoms with Gasteiger partial charge in [-0.3, -0.25) is 19.2 Å². The Morgan fingerprint density at radius 2 is 1.87 bits per heavy atom. The Balaban J connectivity index is 2.29. The molecular weight excluding hydrogens is 392 g/mol. The SMILES string of the molecule is C=CCC1(C)C(=O)Oc2c(O)c3c(c(C)c21)C(=O)C(=O)C(C(C)COC(C)=O)=C3O. The summed E-state index contributed by atoms with van der Waals surface area (Å²) in [7, 11) is 0. The van der Waals surface area contributed by atoms with Gasteiger partial charge in [0, 0.05) is 24.0 Å². The molecule has 0 fully saturated rings. The van der Waals surface area contributed by atoms with E-state index in [0.29, 0.717) is 0 Å². The molecular formula is C22H22O8. The highest BCUT2D eigenvalue weighted by atomic mass is 16.5. The lowest BCUT2D eigenvalue weighted by Gasteiger charge is -2.27. The number of phenols is 1. The molecule has 2 unspecified atom stereocenters. The zero-order valence-corrected chi connectivity index (χ0v) is 17.1. The van der Waals surface area contributed by atoms with Crippen LogP contribution in [0, 0.1) is 12.8 Å². The van der Waals surface area contributed by atoms with Gasteiger partial charge >= 0.3 is 11.9 Å². The van der Waals surface area contributed by atoms with Crippen LogP contribution in [-0.2, 0) is 24.5 Å². The first-order chi connectivity index (χ1) is 14.0. The predicted octanol–water partition coefficient (Wildman–Crippen LogP) is 2.69. The van der Waals surface area contributed by atoms with E-state index < -0.39 is 46.3 Å². The summed E-state index contributed by atoms with van der Waals surface area (Å²) in [5, 5.41) is 21.7. The van der Waals surface area contributed by atoms with Gasteiger partial charge < -0.3 is 19.7 Å². The zero-order chi connectivity index (χ0) is 22.5. The standard InChI is InChI=1S/C22H22O8/c1-6-7-22(5)15-10(3)13-14(19(27)20(15)30-21(22)28)16(24)12(17(25)18(13)26)9(2)8-29-11(4)23/h6,9,24,27H,1,7-8H2,2-5H3. The summed E-state index contributed by atoms with van der Waals surface area (Å²) >= 11 is 0. The van der Waals surface area contributed by atoms with Gasteiger partial charge in [-0.1, -0.05) is 13.0 Å². The highest BCUT2D eigenvalue weighted by molar-refractivity contribution is 6.52. The van der Waals surface area contributed by atoms with Crippen LogP contribution in [-0.4, -0.2) is 40.3 Å². The topological polar surface area (TPSA) is 127 Å². The van der Waals surface area contributed by atoms with Crippen molar-refractivity contribution in [3.05, 3.63) is 40.5 Å². The summed E-state index contributed by atoms with van der Waals surface area (Å²) in [4.78, 5) is 49.4. The first-order valence-corrected chi connectivity index (χ1v) is 9.36. The summed E-state index contributed by atoms with van der Waals surface area (Å²) in [6.45, 7) is 9.23. The zero-order valence-electron chi connectivity index (χ0n) is 17.1. The van der Waals surface area contributed by atoms with Crippen molar-refractivity contribution in [2.24, 2.45) is 5.92 Å². The molecule has 2 N–H and O–H groups in total. The van der Waals surface area contributed by atoms with Crippen LogP contribution in [0.25, 0.3) is 5.76 Å². The van der Waals surface area contributed by atoms with Crippen LogP contribution in [0.2, 0.25) is 0 Å². The minimum absolute atomic E-state index is 0.152. The number of hydrogen-bond donors (Lipinski definition) is 2. The van der Waals surface area contributed by atoms with Gasteiger partial charge in [0.25, 0.3) is 0 Å². The predicted molar refractivity (Wildman–Crippen MR) is 105 cm³/mol. The third kappa shape index (κ3) is 2.82. The Labute approximate surface area is 172 Å². The first kappa shape index (κ1) is 21.3. The lowest BCUT2D eigenvalue weighted by Crippen LogP contribution is -2.32. The quantitative estimate of drug-likeness (QED) is 0.326. The molecule has 1 heterocycles. The van der Waals surface area contributed by atoms with Gasteiger partial charge in [0.05, 0.1) is 23.2 Å². The van der Waals surface area contributed by atoms with Crippen LogP contribution in [0.1, 0.15) is 54.2 Å². The highest BCUT2D eigenvalue weighted by Gasteiger charge is 2.50. The Hall–Kier alpha value is -3.42. The van der Waals surface area contributed by atoms with E-state index in [1.165, 1.54) is 26.8 Å². The van der Waals surface area contributed by atoms with Gasteiger partial charge in [-0.05, 0) is 25.8 Å². The van der Waals surface area contributed by atoms with Gasteiger partial charge in [0.15, 0.2) is 11.5 Å². The molecule has 1 aliphatic heterocycles. The monoisotopic (exact) mass is 414 g/mol. The molecule has 8 nitrogen and oxygen atoms in total. The van der Waals surface area contributed by atoms with Crippen molar-refractivity contribution in [1.82, 2.24) is 0 Å². The van der Waals surface area contributed by atoms with Crippen LogP contribution < -0.4 is 4.74 Å². The Morgan fingerprint density at radius 1 is 1.23 bits per heavy atom. The van der Waals surface area contributed by atoms with Crippen molar-refractivity contribution < 1.29 is 38.9 Å². The molecule has 0 aromatic heterocycles. The van der Waals surface area contributed by atoms with E-state index in [2.05, 4.69) is 6.58 Å². The number of aromatic hydroxyl groups is 1. The second kappa shape index (κ2) is 7.12. The number of carbonyl (C=O) groups excluding carboxylic acids is 4. The second-order valence-corrected chi connectivity index (χ2v) is 7.77. The smallest absolute Gasteiger partial charge is 0.322 e. The number of aliphatic hydroxyl groups excluding tert-OH is 1. The minimum atomic E-state index is -1.20. The molecule has 0 spiro atoms. The fraction of sp³-hybridized carbons (Fsp3) is 0.364.